The number of benzene rings is 1. The van der Waals surface area contributed by atoms with Gasteiger partial charge >= 0.3 is 0 Å². The zero-order chi connectivity index (χ0) is 18.1. The molecule has 0 unspecified atom stereocenters. The van der Waals surface area contributed by atoms with Gasteiger partial charge in [-0.2, -0.15) is 0 Å². The molecular formula is C17H18BrN7O. The maximum Gasteiger partial charge on any atom is 0.253 e. The lowest BCUT2D eigenvalue weighted by molar-refractivity contribution is 0.0746. The van der Waals surface area contributed by atoms with E-state index in [1.807, 2.05) is 36.1 Å². The van der Waals surface area contributed by atoms with Crippen LogP contribution >= 0.6 is 15.9 Å². The summed E-state index contributed by atoms with van der Waals surface area (Å²) in [5.41, 5.74) is 2.16. The van der Waals surface area contributed by atoms with Crippen LogP contribution in [0.3, 0.4) is 0 Å². The van der Waals surface area contributed by atoms with Gasteiger partial charge in [0, 0.05) is 42.8 Å². The van der Waals surface area contributed by atoms with Gasteiger partial charge in [0.25, 0.3) is 5.91 Å². The molecule has 1 amide bonds. The van der Waals surface area contributed by atoms with Crippen LogP contribution < -0.4 is 4.90 Å². The molecule has 1 fully saturated rings. The van der Waals surface area contributed by atoms with Crippen LogP contribution in [0, 0.1) is 0 Å². The smallest absolute Gasteiger partial charge is 0.253 e. The predicted octanol–water partition coefficient (Wildman–Crippen LogP) is 1.97. The maximum atomic E-state index is 12.6. The fraction of sp³-hybridized carbons (Fsp3) is 0.353. The lowest BCUT2D eigenvalue weighted by atomic mass is 10.2. The summed E-state index contributed by atoms with van der Waals surface area (Å²) in [7, 11) is 0. The molecule has 26 heavy (non-hydrogen) atoms. The standard InChI is InChI=1S/C17H18BrN7O/c1-2-25-16-14(21-22-25)15(19-11-20-16)23-7-9-24(10-8-23)17(26)12-3-5-13(18)6-4-12/h3-6,11H,2,7-10H2,1H3. The molecule has 0 radical (unpaired) electrons. The van der Waals surface area contributed by atoms with E-state index in [0.29, 0.717) is 43.8 Å². The highest BCUT2D eigenvalue weighted by Crippen LogP contribution is 2.22. The molecule has 3 aromatic rings. The summed E-state index contributed by atoms with van der Waals surface area (Å²) in [6.07, 6.45) is 1.55. The van der Waals surface area contributed by atoms with E-state index in [4.69, 9.17) is 0 Å². The van der Waals surface area contributed by atoms with Gasteiger partial charge in [-0.1, -0.05) is 21.1 Å². The highest BCUT2D eigenvalue weighted by molar-refractivity contribution is 9.10. The molecular weight excluding hydrogens is 398 g/mol. The molecule has 0 spiro atoms. The monoisotopic (exact) mass is 415 g/mol. The summed E-state index contributed by atoms with van der Waals surface area (Å²) in [6.45, 7) is 5.40. The summed E-state index contributed by atoms with van der Waals surface area (Å²) in [5.74, 6) is 0.840. The summed E-state index contributed by atoms with van der Waals surface area (Å²) in [6, 6.07) is 7.46. The van der Waals surface area contributed by atoms with Crippen molar-refractivity contribution in [2.75, 3.05) is 31.1 Å². The Morgan fingerprint density at radius 3 is 2.54 bits per heavy atom. The molecule has 3 heterocycles. The summed E-state index contributed by atoms with van der Waals surface area (Å²) in [4.78, 5) is 25.4. The number of nitrogens with zero attached hydrogens (tertiary/aromatic N) is 7. The van der Waals surface area contributed by atoms with Gasteiger partial charge in [0.05, 0.1) is 0 Å². The molecule has 9 heteroatoms. The van der Waals surface area contributed by atoms with Gasteiger partial charge < -0.3 is 9.80 Å². The molecule has 8 nitrogen and oxygen atoms in total. The fourth-order valence-corrected chi connectivity index (χ4v) is 3.39. The van der Waals surface area contributed by atoms with Crippen LogP contribution in [0.1, 0.15) is 17.3 Å². The minimum Gasteiger partial charge on any atom is -0.351 e. The Bertz CT molecular complexity index is 932. The number of piperazine rings is 1. The quantitative estimate of drug-likeness (QED) is 0.650. The number of fused-ring (bicyclic) bond motifs is 1. The molecule has 1 aromatic carbocycles. The van der Waals surface area contributed by atoms with Gasteiger partial charge in [-0.25, -0.2) is 14.6 Å². The number of carbonyl (C=O) groups excluding carboxylic acids is 1. The van der Waals surface area contributed by atoms with E-state index in [9.17, 15) is 4.79 Å². The zero-order valence-electron chi connectivity index (χ0n) is 14.3. The van der Waals surface area contributed by atoms with Gasteiger partial charge in [0.1, 0.15) is 6.33 Å². The Labute approximate surface area is 159 Å². The Morgan fingerprint density at radius 2 is 1.85 bits per heavy atom. The van der Waals surface area contributed by atoms with Crippen LogP contribution in [0.15, 0.2) is 35.1 Å². The number of hydrogen-bond acceptors (Lipinski definition) is 6. The molecule has 4 rings (SSSR count). The number of rotatable bonds is 3. The zero-order valence-corrected chi connectivity index (χ0v) is 15.9. The van der Waals surface area contributed by atoms with E-state index < -0.39 is 0 Å². The number of carbonyl (C=O) groups is 1. The second kappa shape index (κ2) is 6.99. The summed E-state index contributed by atoms with van der Waals surface area (Å²) >= 11 is 3.39. The molecule has 1 saturated heterocycles. The van der Waals surface area contributed by atoms with Gasteiger partial charge in [0.2, 0.25) is 0 Å². The molecule has 2 aromatic heterocycles. The SMILES string of the molecule is CCn1nnc2c(N3CCN(C(=O)c4ccc(Br)cc4)CC3)ncnc21. The highest BCUT2D eigenvalue weighted by Gasteiger charge is 2.25. The van der Waals surface area contributed by atoms with E-state index in [1.165, 1.54) is 0 Å². The van der Waals surface area contributed by atoms with Gasteiger partial charge in [0.15, 0.2) is 17.0 Å². The van der Waals surface area contributed by atoms with Crippen LogP contribution in [0.2, 0.25) is 0 Å². The van der Waals surface area contributed by atoms with Crippen molar-refractivity contribution in [2.45, 2.75) is 13.5 Å². The van der Waals surface area contributed by atoms with Crippen molar-refractivity contribution < 1.29 is 4.79 Å². The van der Waals surface area contributed by atoms with Gasteiger partial charge in [-0.15, -0.1) is 5.10 Å². The summed E-state index contributed by atoms with van der Waals surface area (Å²) in [5, 5.41) is 8.36. The average molecular weight is 416 g/mol. The fourth-order valence-electron chi connectivity index (χ4n) is 3.12. The Balaban J connectivity index is 1.49. The third-order valence-corrected chi connectivity index (χ3v) is 5.07. The summed E-state index contributed by atoms with van der Waals surface area (Å²) < 4.78 is 2.72. The minimum atomic E-state index is 0.0573. The molecule has 0 aliphatic carbocycles. The van der Waals surface area contributed by atoms with Crippen LogP contribution in [0.25, 0.3) is 11.2 Å². The van der Waals surface area contributed by atoms with Gasteiger partial charge in [-0.05, 0) is 31.2 Å². The van der Waals surface area contributed by atoms with Crippen molar-refractivity contribution in [1.29, 1.82) is 0 Å². The Hall–Kier alpha value is -2.55. The van der Waals surface area contributed by atoms with Crippen LogP contribution in [0.5, 0.6) is 0 Å². The number of anilines is 1. The second-order valence-electron chi connectivity index (χ2n) is 6.06. The number of aryl methyl sites for hydroxylation is 1. The number of hydrogen-bond donors (Lipinski definition) is 0. The van der Waals surface area contributed by atoms with Crippen molar-refractivity contribution in [1.82, 2.24) is 29.9 Å². The Morgan fingerprint density at radius 1 is 1.12 bits per heavy atom. The lowest BCUT2D eigenvalue weighted by Crippen LogP contribution is -2.49. The molecule has 0 saturated carbocycles. The molecule has 0 N–H and O–H groups in total. The van der Waals surface area contributed by atoms with Crippen LogP contribution in [-0.2, 0) is 6.54 Å². The topological polar surface area (TPSA) is 80.0 Å². The first-order chi connectivity index (χ1) is 12.7. The normalized spacial score (nSPS) is 14.8. The largest absolute Gasteiger partial charge is 0.351 e. The van der Waals surface area contributed by atoms with Crippen molar-refractivity contribution in [3.63, 3.8) is 0 Å². The van der Waals surface area contributed by atoms with E-state index >= 15 is 0 Å². The van der Waals surface area contributed by atoms with E-state index in [0.717, 1.165) is 15.9 Å². The maximum absolute atomic E-state index is 12.6. The Kier molecular flexibility index (Phi) is 4.54. The molecule has 0 atom stereocenters. The molecule has 0 bridgehead atoms. The number of aromatic nitrogens is 5. The van der Waals surface area contributed by atoms with Crippen LogP contribution in [-0.4, -0.2) is 61.9 Å². The highest BCUT2D eigenvalue weighted by atomic mass is 79.9. The van der Waals surface area contributed by atoms with Crippen molar-refractivity contribution in [3.05, 3.63) is 40.6 Å². The van der Waals surface area contributed by atoms with Crippen molar-refractivity contribution >= 4 is 38.8 Å². The number of halogens is 1. The first-order valence-corrected chi connectivity index (χ1v) is 9.30. The average Bonchev–Trinajstić information content (AvgIpc) is 3.11. The minimum absolute atomic E-state index is 0.0573. The van der Waals surface area contributed by atoms with Crippen molar-refractivity contribution in [2.24, 2.45) is 0 Å². The number of amides is 1. The molecule has 1 aliphatic rings. The second-order valence-corrected chi connectivity index (χ2v) is 6.98. The third-order valence-electron chi connectivity index (χ3n) is 4.54. The van der Waals surface area contributed by atoms with Gasteiger partial charge in [-0.3, -0.25) is 4.79 Å². The third kappa shape index (κ3) is 3.03. The van der Waals surface area contributed by atoms with E-state index in [2.05, 4.69) is 41.1 Å². The van der Waals surface area contributed by atoms with E-state index in [-0.39, 0.29) is 5.91 Å². The van der Waals surface area contributed by atoms with Crippen molar-refractivity contribution in [3.8, 4) is 0 Å². The first kappa shape index (κ1) is 16.9. The molecule has 1 aliphatic heterocycles. The van der Waals surface area contributed by atoms with Crippen LogP contribution in [0.4, 0.5) is 5.82 Å². The van der Waals surface area contributed by atoms with E-state index in [1.54, 1.807) is 11.0 Å². The predicted molar refractivity (Wildman–Crippen MR) is 101 cm³/mol. The molecule has 134 valence electrons. The first-order valence-electron chi connectivity index (χ1n) is 8.51. The lowest BCUT2D eigenvalue weighted by Gasteiger charge is -2.35.